The molecule has 0 atom stereocenters. The van der Waals surface area contributed by atoms with Crippen molar-refractivity contribution in [2.75, 3.05) is 7.11 Å². The third-order valence-corrected chi connectivity index (χ3v) is 3.94. The standard InChI is InChI=1S/C20H16N2O/c1-23-17-13-11-15(12-14-17)20-18-9-5-6-10-19(18)21-22(20)16-7-3-2-4-8-16/h2-14H,1H3. The van der Waals surface area contributed by atoms with E-state index in [1.165, 1.54) is 0 Å². The van der Waals surface area contributed by atoms with Gasteiger partial charge in [0.05, 0.1) is 24.0 Å². The number of nitrogens with zero attached hydrogens (tertiary/aromatic N) is 2. The Labute approximate surface area is 134 Å². The van der Waals surface area contributed by atoms with Crippen molar-refractivity contribution in [2.24, 2.45) is 0 Å². The molecule has 3 aromatic carbocycles. The predicted molar refractivity (Wildman–Crippen MR) is 93.1 cm³/mol. The van der Waals surface area contributed by atoms with Crippen molar-refractivity contribution in [1.29, 1.82) is 0 Å². The van der Waals surface area contributed by atoms with Crippen LogP contribution in [0.25, 0.3) is 27.8 Å². The van der Waals surface area contributed by atoms with Gasteiger partial charge in [-0.1, -0.05) is 36.4 Å². The second-order valence-electron chi connectivity index (χ2n) is 5.34. The van der Waals surface area contributed by atoms with E-state index in [9.17, 15) is 0 Å². The molecule has 1 aromatic heterocycles. The molecule has 0 N–H and O–H groups in total. The fourth-order valence-electron chi connectivity index (χ4n) is 2.82. The first-order chi connectivity index (χ1) is 11.4. The number of ether oxygens (including phenoxy) is 1. The first kappa shape index (κ1) is 13.6. The zero-order valence-electron chi connectivity index (χ0n) is 12.8. The first-order valence-electron chi connectivity index (χ1n) is 7.54. The van der Waals surface area contributed by atoms with Gasteiger partial charge in [-0.3, -0.25) is 0 Å². The van der Waals surface area contributed by atoms with Crippen LogP contribution in [-0.4, -0.2) is 16.9 Å². The molecule has 4 rings (SSSR count). The number of aromatic nitrogens is 2. The van der Waals surface area contributed by atoms with Gasteiger partial charge in [0.2, 0.25) is 0 Å². The Hall–Kier alpha value is -3.07. The van der Waals surface area contributed by atoms with Crippen molar-refractivity contribution in [3.8, 4) is 22.7 Å². The summed E-state index contributed by atoms with van der Waals surface area (Å²) in [6, 6.07) is 26.5. The van der Waals surface area contributed by atoms with Crippen molar-refractivity contribution in [3.63, 3.8) is 0 Å². The van der Waals surface area contributed by atoms with Gasteiger partial charge >= 0.3 is 0 Å². The third-order valence-electron chi connectivity index (χ3n) is 3.94. The molecule has 3 heteroatoms. The summed E-state index contributed by atoms with van der Waals surface area (Å²) >= 11 is 0. The molecule has 3 nitrogen and oxygen atoms in total. The van der Waals surface area contributed by atoms with Crippen molar-refractivity contribution < 1.29 is 4.74 Å². The zero-order valence-corrected chi connectivity index (χ0v) is 12.8. The molecule has 4 aromatic rings. The minimum absolute atomic E-state index is 0.851. The highest BCUT2D eigenvalue weighted by Crippen LogP contribution is 2.31. The highest BCUT2D eigenvalue weighted by atomic mass is 16.5. The summed E-state index contributed by atoms with van der Waals surface area (Å²) in [5, 5.41) is 5.93. The molecule has 0 unspecified atom stereocenters. The van der Waals surface area contributed by atoms with Crippen LogP contribution in [0.1, 0.15) is 0 Å². The summed E-state index contributed by atoms with van der Waals surface area (Å²) in [6.07, 6.45) is 0. The number of hydrogen-bond acceptors (Lipinski definition) is 2. The second kappa shape index (κ2) is 5.61. The average Bonchev–Trinajstić information content (AvgIpc) is 3.02. The van der Waals surface area contributed by atoms with Gasteiger partial charge in [-0.15, -0.1) is 0 Å². The molecule has 0 spiro atoms. The van der Waals surface area contributed by atoms with E-state index in [0.717, 1.165) is 33.6 Å². The number of methoxy groups -OCH3 is 1. The molecule has 0 saturated heterocycles. The molecule has 0 radical (unpaired) electrons. The Morgan fingerprint density at radius 3 is 2.22 bits per heavy atom. The average molecular weight is 300 g/mol. The summed E-state index contributed by atoms with van der Waals surface area (Å²) in [7, 11) is 1.68. The molecule has 112 valence electrons. The van der Waals surface area contributed by atoms with Crippen molar-refractivity contribution in [2.45, 2.75) is 0 Å². The quantitative estimate of drug-likeness (QED) is 0.548. The Morgan fingerprint density at radius 1 is 0.783 bits per heavy atom. The van der Waals surface area contributed by atoms with Gasteiger partial charge in [0, 0.05) is 10.9 Å². The van der Waals surface area contributed by atoms with E-state index in [-0.39, 0.29) is 0 Å². The van der Waals surface area contributed by atoms with Crippen LogP contribution in [0.3, 0.4) is 0 Å². The SMILES string of the molecule is COc1ccc(-c2c3ccccc3nn2-c2ccccc2)cc1. The summed E-state index contributed by atoms with van der Waals surface area (Å²) in [5.74, 6) is 0.851. The molecule has 1 heterocycles. The Balaban J connectivity index is 1.99. The van der Waals surface area contributed by atoms with Gasteiger partial charge in [0.1, 0.15) is 5.75 Å². The lowest BCUT2D eigenvalue weighted by atomic mass is 10.1. The van der Waals surface area contributed by atoms with E-state index in [4.69, 9.17) is 9.84 Å². The van der Waals surface area contributed by atoms with Crippen molar-refractivity contribution >= 4 is 10.9 Å². The maximum absolute atomic E-state index is 5.27. The smallest absolute Gasteiger partial charge is 0.118 e. The fourth-order valence-corrected chi connectivity index (χ4v) is 2.82. The fraction of sp³-hybridized carbons (Fsp3) is 0.0500. The largest absolute Gasteiger partial charge is 0.497 e. The summed E-state index contributed by atoms with van der Waals surface area (Å²) in [6.45, 7) is 0. The van der Waals surface area contributed by atoms with Crippen molar-refractivity contribution in [3.05, 3.63) is 78.9 Å². The van der Waals surface area contributed by atoms with Crippen LogP contribution in [0, 0.1) is 0 Å². The van der Waals surface area contributed by atoms with E-state index in [1.807, 2.05) is 53.2 Å². The molecule has 23 heavy (non-hydrogen) atoms. The van der Waals surface area contributed by atoms with Crippen molar-refractivity contribution in [1.82, 2.24) is 9.78 Å². The normalized spacial score (nSPS) is 10.8. The number of benzene rings is 3. The van der Waals surface area contributed by atoms with Gasteiger partial charge < -0.3 is 4.74 Å². The molecule has 0 aliphatic heterocycles. The van der Waals surface area contributed by atoms with Crippen LogP contribution < -0.4 is 4.74 Å². The van der Waals surface area contributed by atoms with E-state index in [1.54, 1.807) is 7.11 Å². The van der Waals surface area contributed by atoms with E-state index < -0.39 is 0 Å². The molecule has 0 saturated carbocycles. The predicted octanol–water partition coefficient (Wildman–Crippen LogP) is 4.70. The van der Waals surface area contributed by atoms with E-state index >= 15 is 0 Å². The molecule has 0 fully saturated rings. The molecule has 0 aliphatic carbocycles. The van der Waals surface area contributed by atoms with Crippen LogP contribution >= 0.6 is 0 Å². The number of hydrogen-bond donors (Lipinski definition) is 0. The lowest BCUT2D eigenvalue weighted by molar-refractivity contribution is 0.415. The summed E-state index contributed by atoms with van der Waals surface area (Å²) in [4.78, 5) is 0. The van der Waals surface area contributed by atoms with Crippen LogP contribution in [-0.2, 0) is 0 Å². The Bertz CT molecular complexity index is 940. The van der Waals surface area contributed by atoms with Crippen LogP contribution in [0.5, 0.6) is 5.75 Å². The Kier molecular flexibility index (Phi) is 3.31. The molecule has 0 aliphatic rings. The Morgan fingerprint density at radius 2 is 1.48 bits per heavy atom. The van der Waals surface area contributed by atoms with E-state index in [2.05, 4.69) is 30.3 Å². The minimum Gasteiger partial charge on any atom is -0.497 e. The van der Waals surface area contributed by atoms with Gasteiger partial charge in [-0.2, -0.15) is 5.10 Å². The maximum Gasteiger partial charge on any atom is 0.118 e. The van der Waals surface area contributed by atoms with Crippen LogP contribution in [0.4, 0.5) is 0 Å². The van der Waals surface area contributed by atoms with Gasteiger partial charge in [0.15, 0.2) is 0 Å². The van der Waals surface area contributed by atoms with Crippen LogP contribution in [0.15, 0.2) is 78.9 Å². The number of para-hydroxylation sites is 1. The monoisotopic (exact) mass is 300 g/mol. The van der Waals surface area contributed by atoms with E-state index in [0.29, 0.717) is 0 Å². The lowest BCUT2D eigenvalue weighted by Gasteiger charge is -2.09. The molecule has 0 amide bonds. The van der Waals surface area contributed by atoms with Crippen LogP contribution in [0.2, 0.25) is 0 Å². The summed E-state index contributed by atoms with van der Waals surface area (Å²) in [5.41, 5.74) is 4.24. The highest BCUT2D eigenvalue weighted by molar-refractivity contribution is 5.94. The third kappa shape index (κ3) is 2.36. The number of fused-ring (bicyclic) bond motifs is 1. The van der Waals surface area contributed by atoms with Gasteiger partial charge in [-0.25, -0.2) is 4.68 Å². The number of rotatable bonds is 3. The van der Waals surface area contributed by atoms with Gasteiger partial charge in [-0.05, 0) is 42.5 Å². The molecular weight excluding hydrogens is 284 g/mol. The highest BCUT2D eigenvalue weighted by Gasteiger charge is 2.14. The second-order valence-corrected chi connectivity index (χ2v) is 5.34. The molecule has 0 bridgehead atoms. The maximum atomic E-state index is 5.27. The topological polar surface area (TPSA) is 27.1 Å². The lowest BCUT2D eigenvalue weighted by Crippen LogP contribution is -1.98. The summed E-state index contributed by atoms with van der Waals surface area (Å²) < 4.78 is 7.27. The van der Waals surface area contributed by atoms with Gasteiger partial charge in [0.25, 0.3) is 0 Å². The zero-order chi connectivity index (χ0) is 15.6. The molecular formula is C20H16N2O. The first-order valence-corrected chi connectivity index (χ1v) is 7.54. The minimum atomic E-state index is 0.851.